The number of nitrogens with one attached hydrogen (secondary N) is 1. The molecule has 0 aliphatic carbocycles. The number of carbonyl (C=O) groups excluding carboxylic acids is 1. The van der Waals surface area contributed by atoms with Crippen LogP contribution in [0.3, 0.4) is 0 Å². The van der Waals surface area contributed by atoms with Gasteiger partial charge in [0.2, 0.25) is 5.91 Å². The van der Waals surface area contributed by atoms with Crippen LogP contribution in [0.15, 0.2) is 36.5 Å². The number of rotatable bonds is 4. The van der Waals surface area contributed by atoms with E-state index in [-0.39, 0.29) is 5.91 Å². The van der Waals surface area contributed by atoms with Crippen molar-refractivity contribution in [1.29, 1.82) is 0 Å². The van der Waals surface area contributed by atoms with E-state index in [0.717, 1.165) is 42.7 Å². The van der Waals surface area contributed by atoms with E-state index in [1.165, 1.54) is 5.69 Å². The van der Waals surface area contributed by atoms with Crippen LogP contribution in [-0.4, -0.2) is 35.4 Å². The third kappa shape index (κ3) is 4.59. The average molecular weight is 358 g/mol. The monoisotopic (exact) mass is 357 g/mol. The van der Waals surface area contributed by atoms with Gasteiger partial charge in [-0.15, -0.1) is 0 Å². The molecule has 1 aromatic carbocycles. The highest BCUT2D eigenvalue weighted by molar-refractivity contribution is 6.30. The lowest BCUT2D eigenvalue weighted by Gasteiger charge is -2.31. The number of likely N-dealkylation sites (tertiary alicyclic amines) is 1. The first-order valence-corrected chi connectivity index (χ1v) is 9.10. The second-order valence-electron chi connectivity index (χ2n) is 6.77. The molecule has 0 unspecified atom stereocenters. The van der Waals surface area contributed by atoms with Gasteiger partial charge >= 0.3 is 0 Å². The summed E-state index contributed by atoms with van der Waals surface area (Å²) in [5, 5.41) is 3.74. The summed E-state index contributed by atoms with van der Waals surface area (Å²) in [6, 6.07) is 9.84. The largest absolute Gasteiger partial charge is 0.324 e. The van der Waals surface area contributed by atoms with Gasteiger partial charge in [-0.1, -0.05) is 17.7 Å². The summed E-state index contributed by atoms with van der Waals surface area (Å²) in [7, 11) is 0. The Morgan fingerprint density at radius 3 is 2.52 bits per heavy atom. The zero-order valence-corrected chi connectivity index (χ0v) is 15.5. The van der Waals surface area contributed by atoms with Crippen molar-refractivity contribution in [3.63, 3.8) is 0 Å². The molecule has 1 amide bonds. The summed E-state index contributed by atoms with van der Waals surface area (Å²) in [6.07, 6.45) is 3.94. The summed E-state index contributed by atoms with van der Waals surface area (Å²) in [6.45, 7) is 6.20. The summed E-state index contributed by atoms with van der Waals surface area (Å²) < 4.78 is 0. The van der Waals surface area contributed by atoms with Gasteiger partial charge in [-0.05, 0) is 75.2 Å². The Morgan fingerprint density at radius 2 is 1.92 bits per heavy atom. The van der Waals surface area contributed by atoms with E-state index in [1.807, 2.05) is 44.3 Å². The summed E-state index contributed by atoms with van der Waals surface area (Å²) in [5.41, 5.74) is 4.02. The van der Waals surface area contributed by atoms with E-state index in [0.29, 0.717) is 17.5 Å². The molecule has 5 heteroatoms. The van der Waals surface area contributed by atoms with Crippen molar-refractivity contribution >= 4 is 23.2 Å². The highest BCUT2D eigenvalue weighted by atomic mass is 35.5. The fraction of sp³-hybridized carbons (Fsp3) is 0.400. The van der Waals surface area contributed by atoms with Crippen LogP contribution in [0.4, 0.5) is 5.69 Å². The Labute approximate surface area is 154 Å². The number of hydrogen-bond acceptors (Lipinski definition) is 3. The fourth-order valence-electron chi connectivity index (χ4n) is 3.49. The molecule has 2 heterocycles. The molecule has 1 fully saturated rings. The summed E-state index contributed by atoms with van der Waals surface area (Å²) >= 11 is 6.05. The molecule has 4 nitrogen and oxygen atoms in total. The number of amides is 1. The van der Waals surface area contributed by atoms with Crippen molar-refractivity contribution < 1.29 is 4.79 Å². The lowest BCUT2D eigenvalue weighted by molar-refractivity contribution is -0.117. The minimum Gasteiger partial charge on any atom is -0.324 e. The summed E-state index contributed by atoms with van der Waals surface area (Å²) in [4.78, 5) is 19.1. The number of benzene rings is 1. The molecular weight excluding hydrogens is 334 g/mol. The van der Waals surface area contributed by atoms with Gasteiger partial charge in [0.15, 0.2) is 0 Å². The number of anilines is 1. The minimum absolute atomic E-state index is 0.0322. The Kier molecular flexibility index (Phi) is 5.71. The van der Waals surface area contributed by atoms with Gasteiger partial charge in [0.1, 0.15) is 0 Å². The lowest BCUT2D eigenvalue weighted by atomic mass is 9.93. The smallest absolute Gasteiger partial charge is 0.238 e. The van der Waals surface area contributed by atoms with Crippen molar-refractivity contribution in [2.75, 3.05) is 25.0 Å². The number of halogens is 1. The minimum atomic E-state index is 0.0322. The van der Waals surface area contributed by atoms with Gasteiger partial charge in [0.05, 0.1) is 6.54 Å². The molecule has 1 aliphatic heterocycles. The van der Waals surface area contributed by atoms with Crippen LogP contribution in [0, 0.1) is 13.8 Å². The Balaban J connectivity index is 1.53. The van der Waals surface area contributed by atoms with Gasteiger partial charge in [-0.2, -0.15) is 0 Å². The number of nitrogens with zero attached hydrogens (tertiary/aromatic N) is 2. The van der Waals surface area contributed by atoms with Crippen LogP contribution in [0.2, 0.25) is 5.02 Å². The quantitative estimate of drug-likeness (QED) is 0.893. The first-order chi connectivity index (χ1) is 12.0. The number of hydrogen-bond donors (Lipinski definition) is 1. The van der Waals surface area contributed by atoms with E-state index in [1.54, 1.807) is 0 Å². The molecule has 1 aliphatic rings. The SMILES string of the molecule is Cc1cc(Cl)cc(C)c1NC(=O)CN1CCC(c2ccccn2)CC1. The zero-order chi connectivity index (χ0) is 17.8. The molecule has 0 radical (unpaired) electrons. The van der Waals surface area contributed by atoms with E-state index in [4.69, 9.17) is 11.6 Å². The molecular formula is C20H24ClN3O. The highest BCUT2D eigenvalue weighted by Crippen LogP contribution is 2.27. The van der Waals surface area contributed by atoms with Gasteiger partial charge in [0, 0.05) is 28.5 Å². The second kappa shape index (κ2) is 7.98. The number of aromatic nitrogens is 1. The standard InChI is InChI=1S/C20H24ClN3O/c1-14-11-17(21)12-15(2)20(14)23-19(25)13-24-9-6-16(7-10-24)18-5-3-4-8-22-18/h3-5,8,11-12,16H,6-7,9-10,13H2,1-2H3,(H,23,25). The number of carbonyl (C=O) groups is 1. The lowest BCUT2D eigenvalue weighted by Crippen LogP contribution is -2.39. The molecule has 25 heavy (non-hydrogen) atoms. The molecule has 2 aromatic rings. The summed E-state index contributed by atoms with van der Waals surface area (Å²) in [5.74, 6) is 0.533. The van der Waals surface area contributed by atoms with Gasteiger partial charge < -0.3 is 5.32 Å². The molecule has 1 N–H and O–H groups in total. The first kappa shape index (κ1) is 17.9. The maximum atomic E-state index is 12.4. The molecule has 3 rings (SSSR count). The molecule has 0 bridgehead atoms. The maximum Gasteiger partial charge on any atom is 0.238 e. The van der Waals surface area contributed by atoms with Crippen molar-refractivity contribution in [3.05, 3.63) is 58.4 Å². The first-order valence-electron chi connectivity index (χ1n) is 8.73. The third-order valence-electron chi connectivity index (χ3n) is 4.82. The normalized spacial score (nSPS) is 16.0. The molecule has 0 spiro atoms. The number of pyridine rings is 1. The maximum absolute atomic E-state index is 12.4. The molecule has 1 aromatic heterocycles. The van der Waals surface area contributed by atoms with Crippen LogP contribution in [0.1, 0.15) is 35.6 Å². The Bertz CT molecular complexity index is 717. The van der Waals surface area contributed by atoms with Crippen molar-refractivity contribution in [2.45, 2.75) is 32.6 Å². The van der Waals surface area contributed by atoms with Gasteiger partial charge in [0.25, 0.3) is 0 Å². The van der Waals surface area contributed by atoms with Crippen LogP contribution in [-0.2, 0) is 4.79 Å². The topological polar surface area (TPSA) is 45.2 Å². The van der Waals surface area contributed by atoms with Crippen LogP contribution >= 0.6 is 11.6 Å². The number of aryl methyl sites for hydroxylation is 2. The van der Waals surface area contributed by atoms with E-state index in [9.17, 15) is 4.79 Å². The predicted molar refractivity (Wildman–Crippen MR) is 102 cm³/mol. The molecule has 0 saturated carbocycles. The molecule has 1 saturated heterocycles. The van der Waals surface area contributed by atoms with Crippen LogP contribution < -0.4 is 5.32 Å². The predicted octanol–water partition coefficient (Wildman–Crippen LogP) is 4.17. The van der Waals surface area contributed by atoms with Crippen LogP contribution in [0.5, 0.6) is 0 Å². The number of piperidine rings is 1. The molecule has 0 atom stereocenters. The third-order valence-corrected chi connectivity index (χ3v) is 5.04. The average Bonchev–Trinajstić information content (AvgIpc) is 2.59. The van der Waals surface area contributed by atoms with E-state index < -0.39 is 0 Å². The highest BCUT2D eigenvalue weighted by Gasteiger charge is 2.23. The molecule has 132 valence electrons. The van der Waals surface area contributed by atoms with Crippen molar-refractivity contribution in [1.82, 2.24) is 9.88 Å². The Hall–Kier alpha value is -1.91. The van der Waals surface area contributed by atoms with E-state index in [2.05, 4.69) is 21.3 Å². The Morgan fingerprint density at radius 1 is 1.24 bits per heavy atom. The van der Waals surface area contributed by atoms with Crippen LogP contribution in [0.25, 0.3) is 0 Å². The van der Waals surface area contributed by atoms with Gasteiger partial charge in [-0.25, -0.2) is 0 Å². The van der Waals surface area contributed by atoms with E-state index >= 15 is 0 Å². The zero-order valence-electron chi connectivity index (χ0n) is 14.8. The van der Waals surface area contributed by atoms with Crippen molar-refractivity contribution in [2.24, 2.45) is 0 Å². The van der Waals surface area contributed by atoms with Crippen molar-refractivity contribution in [3.8, 4) is 0 Å². The fourth-order valence-corrected chi connectivity index (χ4v) is 3.82. The second-order valence-corrected chi connectivity index (χ2v) is 7.20. The van der Waals surface area contributed by atoms with Gasteiger partial charge in [-0.3, -0.25) is 14.7 Å².